The van der Waals surface area contributed by atoms with Crippen molar-refractivity contribution in [2.45, 2.75) is 38.6 Å². The molecule has 0 spiro atoms. The Kier molecular flexibility index (Phi) is 5.33. The third-order valence-electron chi connectivity index (χ3n) is 4.87. The lowest BCUT2D eigenvalue weighted by Crippen LogP contribution is -2.42. The quantitative estimate of drug-likeness (QED) is 0.851. The van der Waals surface area contributed by atoms with Gasteiger partial charge in [0.15, 0.2) is 0 Å². The zero-order valence-corrected chi connectivity index (χ0v) is 13.2. The Balaban J connectivity index is 1.37. The van der Waals surface area contributed by atoms with Gasteiger partial charge in [0.05, 0.1) is 12.8 Å². The van der Waals surface area contributed by atoms with Crippen LogP contribution in [0.25, 0.3) is 0 Å². The first-order chi connectivity index (χ1) is 10.8. The summed E-state index contributed by atoms with van der Waals surface area (Å²) in [6.07, 6.45) is 12.0. The van der Waals surface area contributed by atoms with Crippen LogP contribution in [-0.2, 0) is 11.3 Å². The number of nitrogens with one attached hydrogen (secondary N) is 1. The number of rotatable bonds is 5. The minimum absolute atomic E-state index is 0.164. The van der Waals surface area contributed by atoms with Crippen LogP contribution in [0.3, 0.4) is 0 Å². The van der Waals surface area contributed by atoms with Gasteiger partial charge in [-0.3, -0.25) is 4.79 Å². The Morgan fingerprint density at radius 1 is 1.27 bits per heavy atom. The molecule has 0 aromatic carbocycles. The molecule has 1 fully saturated rings. The van der Waals surface area contributed by atoms with Gasteiger partial charge in [-0.15, -0.1) is 0 Å². The average molecular weight is 302 g/mol. The Morgan fingerprint density at radius 2 is 2.14 bits per heavy atom. The predicted octanol–water partition coefficient (Wildman–Crippen LogP) is 2.96. The molecule has 1 atom stereocenters. The fourth-order valence-electron chi connectivity index (χ4n) is 3.50. The molecule has 0 radical (unpaired) electrons. The number of allylic oxidation sites excluding steroid dienone is 2. The number of likely N-dealkylation sites (tertiary alicyclic amines) is 1. The summed E-state index contributed by atoms with van der Waals surface area (Å²) in [6, 6.07) is 3.74. The fraction of sp³-hybridized carbons (Fsp3) is 0.611. The van der Waals surface area contributed by atoms with Gasteiger partial charge in [-0.1, -0.05) is 12.2 Å². The second-order valence-corrected chi connectivity index (χ2v) is 6.52. The summed E-state index contributed by atoms with van der Waals surface area (Å²) >= 11 is 0. The van der Waals surface area contributed by atoms with Crippen LogP contribution in [0.2, 0.25) is 0 Å². The Labute approximate surface area is 132 Å². The second-order valence-electron chi connectivity index (χ2n) is 6.52. The lowest BCUT2D eigenvalue weighted by Gasteiger charge is -2.34. The normalized spacial score (nSPS) is 23.5. The maximum Gasteiger partial charge on any atom is 0.223 e. The molecule has 120 valence electrons. The van der Waals surface area contributed by atoms with Gasteiger partial charge in [-0.25, -0.2) is 0 Å². The van der Waals surface area contributed by atoms with E-state index in [1.165, 1.54) is 25.8 Å². The van der Waals surface area contributed by atoms with E-state index >= 15 is 0 Å². The molecule has 2 aliphatic rings. The SMILES string of the molecule is O=C(NCc1ccco1)C1CCN(C[C@@H]2CC=CCC2)CC1. The Bertz CT molecular complexity index is 487. The molecule has 0 bridgehead atoms. The van der Waals surface area contributed by atoms with Gasteiger partial charge >= 0.3 is 0 Å². The highest BCUT2D eigenvalue weighted by Crippen LogP contribution is 2.23. The van der Waals surface area contributed by atoms with Crippen molar-refractivity contribution in [1.82, 2.24) is 10.2 Å². The Morgan fingerprint density at radius 3 is 2.82 bits per heavy atom. The first-order valence-electron chi connectivity index (χ1n) is 8.48. The van der Waals surface area contributed by atoms with E-state index in [1.807, 2.05) is 12.1 Å². The maximum absolute atomic E-state index is 12.2. The minimum atomic E-state index is 0.164. The highest BCUT2D eigenvalue weighted by molar-refractivity contribution is 5.78. The van der Waals surface area contributed by atoms with E-state index in [4.69, 9.17) is 4.42 Å². The number of carbonyl (C=O) groups is 1. The van der Waals surface area contributed by atoms with Crippen molar-refractivity contribution < 1.29 is 9.21 Å². The fourth-order valence-corrected chi connectivity index (χ4v) is 3.50. The van der Waals surface area contributed by atoms with Crippen LogP contribution in [0.4, 0.5) is 0 Å². The summed E-state index contributed by atoms with van der Waals surface area (Å²) in [5.74, 6) is 1.97. The molecule has 22 heavy (non-hydrogen) atoms. The van der Waals surface area contributed by atoms with Crippen molar-refractivity contribution in [2.75, 3.05) is 19.6 Å². The van der Waals surface area contributed by atoms with Crippen molar-refractivity contribution in [3.05, 3.63) is 36.3 Å². The van der Waals surface area contributed by atoms with Crippen molar-refractivity contribution in [2.24, 2.45) is 11.8 Å². The summed E-state index contributed by atoms with van der Waals surface area (Å²) in [6.45, 7) is 3.81. The summed E-state index contributed by atoms with van der Waals surface area (Å²) in [5.41, 5.74) is 0. The summed E-state index contributed by atoms with van der Waals surface area (Å²) in [5, 5.41) is 2.99. The molecule has 4 heteroatoms. The van der Waals surface area contributed by atoms with Crippen LogP contribution in [-0.4, -0.2) is 30.4 Å². The number of furan rings is 1. The largest absolute Gasteiger partial charge is 0.467 e. The van der Waals surface area contributed by atoms with Gasteiger partial charge in [-0.2, -0.15) is 0 Å². The molecule has 2 heterocycles. The molecule has 3 rings (SSSR count). The van der Waals surface area contributed by atoms with E-state index in [2.05, 4.69) is 22.4 Å². The van der Waals surface area contributed by atoms with Crippen LogP contribution in [0.5, 0.6) is 0 Å². The monoisotopic (exact) mass is 302 g/mol. The molecule has 1 aromatic heterocycles. The predicted molar refractivity (Wildman–Crippen MR) is 86.2 cm³/mol. The average Bonchev–Trinajstić information content (AvgIpc) is 3.08. The smallest absolute Gasteiger partial charge is 0.223 e. The molecule has 4 nitrogen and oxygen atoms in total. The lowest BCUT2D eigenvalue weighted by atomic mass is 9.91. The topological polar surface area (TPSA) is 45.5 Å². The standard InChI is InChI=1S/C18H26N2O2/c21-18(19-13-17-7-4-12-22-17)16-8-10-20(11-9-16)14-15-5-2-1-3-6-15/h1-2,4,7,12,15-16H,3,5-6,8-11,13-14H2,(H,19,21)/t15-/m1/s1. The summed E-state index contributed by atoms with van der Waals surface area (Å²) < 4.78 is 5.24. The van der Waals surface area contributed by atoms with Crippen molar-refractivity contribution >= 4 is 5.91 Å². The lowest BCUT2D eigenvalue weighted by molar-refractivity contribution is -0.126. The number of nitrogens with zero attached hydrogens (tertiary/aromatic N) is 1. The van der Waals surface area contributed by atoms with E-state index in [0.717, 1.165) is 37.6 Å². The third kappa shape index (κ3) is 4.23. The molecule has 1 aliphatic heterocycles. The summed E-state index contributed by atoms with van der Waals surface area (Å²) in [7, 11) is 0. The van der Waals surface area contributed by atoms with Crippen molar-refractivity contribution in [1.29, 1.82) is 0 Å². The van der Waals surface area contributed by atoms with Crippen molar-refractivity contribution in [3.8, 4) is 0 Å². The van der Waals surface area contributed by atoms with Gasteiger partial charge in [-0.05, 0) is 63.2 Å². The van der Waals surface area contributed by atoms with E-state index < -0.39 is 0 Å². The first-order valence-corrected chi connectivity index (χ1v) is 8.48. The molecule has 1 saturated heterocycles. The van der Waals surface area contributed by atoms with Gasteiger partial charge in [0.25, 0.3) is 0 Å². The van der Waals surface area contributed by atoms with Crippen LogP contribution in [0.15, 0.2) is 35.0 Å². The van der Waals surface area contributed by atoms with Gasteiger partial charge in [0, 0.05) is 12.5 Å². The zero-order valence-electron chi connectivity index (χ0n) is 13.2. The second kappa shape index (κ2) is 7.63. The number of hydrogen-bond acceptors (Lipinski definition) is 3. The zero-order chi connectivity index (χ0) is 15.2. The van der Waals surface area contributed by atoms with E-state index in [-0.39, 0.29) is 11.8 Å². The highest BCUT2D eigenvalue weighted by Gasteiger charge is 2.26. The molecule has 0 saturated carbocycles. The molecule has 1 N–H and O–H groups in total. The number of amides is 1. The van der Waals surface area contributed by atoms with Crippen LogP contribution in [0.1, 0.15) is 37.9 Å². The van der Waals surface area contributed by atoms with Crippen LogP contribution in [0, 0.1) is 11.8 Å². The van der Waals surface area contributed by atoms with Crippen LogP contribution >= 0.6 is 0 Å². The minimum Gasteiger partial charge on any atom is -0.467 e. The van der Waals surface area contributed by atoms with E-state index in [9.17, 15) is 4.79 Å². The third-order valence-corrected chi connectivity index (χ3v) is 4.87. The molecular formula is C18H26N2O2. The van der Waals surface area contributed by atoms with E-state index in [1.54, 1.807) is 6.26 Å². The van der Waals surface area contributed by atoms with Gasteiger partial charge in [0.1, 0.15) is 5.76 Å². The molecule has 1 amide bonds. The van der Waals surface area contributed by atoms with Gasteiger partial charge in [0.2, 0.25) is 5.91 Å². The van der Waals surface area contributed by atoms with Gasteiger partial charge < -0.3 is 14.6 Å². The Hall–Kier alpha value is -1.55. The van der Waals surface area contributed by atoms with Crippen LogP contribution < -0.4 is 5.32 Å². The highest BCUT2D eigenvalue weighted by atomic mass is 16.3. The van der Waals surface area contributed by atoms with Crippen molar-refractivity contribution in [3.63, 3.8) is 0 Å². The summed E-state index contributed by atoms with van der Waals surface area (Å²) in [4.78, 5) is 14.8. The maximum atomic E-state index is 12.2. The number of hydrogen-bond donors (Lipinski definition) is 1. The van der Waals surface area contributed by atoms with E-state index in [0.29, 0.717) is 6.54 Å². The molecule has 0 unspecified atom stereocenters. The molecule has 1 aromatic rings. The first kappa shape index (κ1) is 15.3. The molecular weight excluding hydrogens is 276 g/mol. The number of piperidine rings is 1. The number of carbonyl (C=O) groups excluding carboxylic acids is 1. The molecule has 1 aliphatic carbocycles.